The maximum atomic E-state index is 11.7. The van der Waals surface area contributed by atoms with Gasteiger partial charge >= 0.3 is 0 Å². The molecule has 0 aromatic heterocycles. The summed E-state index contributed by atoms with van der Waals surface area (Å²) in [7, 11) is -2.79. The molecule has 1 aromatic carbocycles. The zero-order valence-electron chi connectivity index (χ0n) is 10.7. The first-order chi connectivity index (χ1) is 8.99. The van der Waals surface area contributed by atoms with Crippen molar-refractivity contribution in [2.45, 2.75) is 12.8 Å². The summed E-state index contributed by atoms with van der Waals surface area (Å²) in [5.41, 5.74) is 1.44. The predicted octanol–water partition coefficient (Wildman–Crippen LogP) is 2.02. The van der Waals surface area contributed by atoms with Crippen LogP contribution >= 0.6 is 15.9 Å². The fourth-order valence-corrected chi connectivity index (χ4v) is 5.73. The highest BCUT2D eigenvalue weighted by molar-refractivity contribution is 9.10. The number of hydrogen-bond donors (Lipinski definition) is 1. The summed E-state index contributed by atoms with van der Waals surface area (Å²) in [6.07, 6.45) is 1.80. The van der Waals surface area contributed by atoms with Crippen LogP contribution in [0.15, 0.2) is 28.7 Å². The average Bonchev–Trinajstić information content (AvgIpc) is 2.64. The van der Waals surface area contributed by atoms with E-state index >= 15 is 0 Å². The van der Waals surface area contributed by atoms with Gasteiger partial charge in [0.1, 0.15) is 0 Å². The number of benzene rings is 1. The van der Waals surface area contributed by atoms with E-state index in [2.05, 4.69) is 33.4 Å². The van der Waals surface area contributed by atoms with Crippen molar-refractivity contribution in [3.05, 3.63) is 34.3 Å². The number of nitrogens with one attached hydrogen (secondary N) is 1. The topological polar surface area (TPSA) is 46.2 Å². The van der Waals surface area contributed by atoms with Gasteiger partial charge in [0, 0.05) is 23.0 Å². The molecule has 0 spiro atoms. The fourth-order valence-electron chi connectivity index (χ4n) is 3.34. The van der Waals surface area contributed by atoms with Gasteiger partial charge in [0.25, 0.3) is 0 Å². The third-order valence-corrected chi connectivity index (χ3v) is 6.76. The molecule has 2 saturated heterocycles. The van der Waals surface area contributed by atoms with Gasteiger partial charge in [-0.1, -0.05) is 28.1 Å². The van der Waals surface area contributed by atoms with Crippen molar-refractivity contribution in [3.63, 3.8) is 0 Å². The summed E-state index contributed by atoms with van der Waals surface area (Å²) in [4.78, 5) is 0. The molecule has 1 aromatic rings. The van der Waals surface area contributed by atoms with Crippen LogP contribution in [0.4, 0.5) is 0 Å². The molecule has 0 amide bonds. The molecular formula is C14H18BrNO2S. The summed E-state index contributed by atoms with van der Waals surface area (Å²) in [6, 6.07) is 8.34. The molecular weight excluding hydrogens is 326 g/mol. The Bertz CT molecular complexity index is 581. The molecule has 104 valence electrons. The predicted molar refractivity (Wildman–Crippen MR) is 79.9 cm³/mol. The number of rotatable bonds is 3. The molecule has 1 unspecified atom stereocenters. The van der Waals surface area contributed by atoms with Crippen molar-refractivity contribution in [2.75, 3.05) is 24.6 Å². The van der Waals surface area contributed by atoms with E-state index in [1.165, 1.54) is 5.56 Å². The first-order valence-electron chi connectivity index (χ1n) is 6.65. The van der Waals surface area contributed by atoms with Gasteiger partial charge in [0.2, 0.25) is 0 Å². The van der Waals surface area contributed by atoms with Crippen LogP contribution in [0.1, 0.15) is 12.0 Å². The quantitative estimate of drug-likeness (QED) is 0.913. The first-order valence-corrected chi connectivity index (χ1v) is 9.26. The lowest BCUT2D eigenvalue weighted by atomic mass is 9.67. The second-order valence-corrected chi connectivity index (χ2v) is 9.02. The van der Waals surface area contributed by atoms with Gasteiger partial charge in [0.05, 0.1) is 11.5 Å². The van der Waals surface area contributed by atoms with Crippen molar-refractivity contribution in [2.24, 2.45) is 11.3 Å². The SMILES string of the molecule is O=S1(=O)CCC(C2(Cc3cccc(Br)c3)CNC2)C1. The zero-order valence-corrected chi connectivity index (χ0v) is 13.1. The Morgan fingerprint density at radius 2 is 2.16 bits per heavy atom. The lowest BCUT2D eigenvalue weighted by molar-refractivity contribution is 0.0924. The van der Waals surface area contributed by atoms with Crippen LogP contribution in [0.25, 0.3) is 0 Å². The molecule has 0 saturated carbocycles. The van der Waals surface area contributed by atoms with Gasteiger partial charge in [-0.05, 0) is 36.5 Å². The van der Waals surface area contributed by atoms with E-state index in [9.17, 15) is 8.42 Å². The molecule has 3 rings (SSSR count). The highest BCUT2D eigenvalue weighted by Gasteiger charge is 2.48. The maximum Gasteiger partial charge on any atom is 0.150 e. The maximum absolute atomic E-state index is 11.7. The third kappa shape index (κ3) is 2.73. The zero-order chi connectivity index (χ0) is 13.5. The minimum absolute atomic E-state index is 0.143. The Kier molecular flexibility index (Phi) is 3.48. The van der Waals surface area contributed by atoms with Gasteiger partial charge < -0.3 is 5.32 Å². The Hall–Kier alpha value is -0.390. The molecule has 0 aliphatic carbocycles. The van der Waals surface area contributed by atoms with Crippen molar-refractivity contribution >= 4 is 25.8 Å². The van der Waals surface area contributed by atoms with Crippen LogP contribution in [-0.4, -0.2) is 33.0 Å². The van der Waals surface area contributed by atoms with Crippen LogP contribution in [0.3, 0.4) is 0 Å². The molecule has 2 fully saturated rings. The van der Waals surface area contributed by atoms with E-state index in [1.54, 1.807) is 0 Å². The standard InChI is InChI=1S/C14H18BrNO2S/c15-13-3-1-2-11(6-13)7-14(9-16-10-14)12-4-5-19(17,18)8-12/h1-3,6,12,16H,4-5,7-10H2. The molecule has 2 heterocycles. The lowest BCUT2D eigenvalue weighted by Gasteiger charge is -2.47. The van der Waals surface area contributed by atoms with Gasteiger partial charge in [-0.15, -0.1) is 0 Å². The van der Waals surface area contributed by atoms with E-state index in [0.29, 0.717) is 17.4 Å². The minimum Gasteiger partial charge on any atom is -0.315 e. The summed E-state index contributed by atoms with van der Waals surface area (Å²) < 4.78 is 24.5. The first kappa shape index (κ1) is 13.6. The molecule has 1 N–H and O–H groups in total. The Morgan fingerprint density at radius 3 is 2.68 bits per heavy atom. The van der Waals surface area contributed by atoms with E-state index in [4.69, 9.17) is 0 Å². The average molecular weight is 344 g/mol. The largest absolute Gasteiger partial charge is 0.315 e. The van der Waals surface area contributed by atoms with E-state index in [-0.39, 0.29) is 5.41 Å². The van der Waals surface area contributed by atoms with Gasteiger partial charge in [0.15, 0.2) is 9.84 Å². The van der Waals surface area contributed by atoms with Crippen molar-refractivity contribution < 1.29 is 8.42 Å². The summed E-state index contributed by atoms with van der Waals surface area (Å²) in [5.74, 6) is 1.07. The van der Waals surface area contributed by atoms with Gasteiger partial charge in [-0.3, -0.25) is 0 Å². The van der Waals surface area contributed by atoms with Gasteiger partial charge in [-0.25, -0.2) is 8.42 Å². The highest BCUT2D eigenvalue weighted by Crippen LogP contribution is 2.42. The van der Waals surface area contributed by atoms with E-state index in [0.717, 1.165) is 30.4 Å². The summed E-state index contributed by atoms with van der Waals surface area (Å²) >= 11 is 3.50. The Morgan fingerprint density at radius 1 is 1.37 bits per heavy atom. The van der Waals surface area contributed by atoms with Crippen molar-refractivity contribution in [3.8, 4) is 0 Å². The fraction of sp³-hybridized carbons (Fsp3) is 0.571. The van der Waals surface area contributed by atoms with Crippen LogP contribution in [0.2, 0.25) is 0 Å². The molecule has 2 aliphatic rings. The lowest BCUT2D eigenvalue weighted by Crippen LogP contribution is -2.59. The summed E-state index contributed by atoms with van der Waals surface area (Å²) in [6.45, 7) is 1.89. The monoisotopic (exact) mass is 343 g/mol. The van der Waals surface area contributed by atoms with Crippen molar-refractivity contribution in [1.82, 2.24) is 5.32 Å². The molecule has 3 nitrogen and oxygen atoms in total. The molecule has 1 atom stereocenters. The second-order valence-electron chi connectivity index (χ2n) is 5.87. The second kappa shape index (κ2) is 4.86. The van der Waals surface area contributed by atoms with Crippen LogP contribution in [0, 0.1) is 11.3 Å². The minimum atomic E-state index is -2.79. The normalized spacial score (nSPS) is 27.9. The number of halogens is 1. The number of hydrogen-bond acceptors (Lipinski definition) is 3. The highest BCUT2D eigenvalue weighted by atomic mass is 79.9. The van der Waals surface area contributed by atoms with Gasteiger partial charge in [-0.2, -0.15) is 0 Å². The van der Waals surface area contributed by atoms with Crippen molar-refractivity contribution in [1.29, 1.82) is 0 Å². The summed E-state index contributed by atoms with van der Waals surface area (Å²) in [5, 5.41) is 3.33. The Balaban J connectivity index is 1.80. The molecule has 2 aliphatic heterocycles. The number of sulfone groups is 1. The molecule has 19 heavy (non-hydrogen) atoms. The molecule has 0 radical (unpaired) electrons. The molecule has 0 bridgehead atoms. The third-order valence-electron chi connectivity index (χ3n) is 4.50. The van der Waals surface area contributed by atoms with Crippen LogP contribution in [0.5, 0.6) is 0 Å². The van der Waals surface area contributed by atoms with Crippen LogP contribution < -0.4 is 5.32 Å². The Labute approximate surface area is 122 Å². The molecule has 5 heteroatoms. The van der Waals surface area contributed by atoms with E-state index in [1.807, 2.05) is 12.1 Å². The van der Waals surface area contributed by atoms with Crippen LogP contribution in [-0.2, 0) is 16.3 Å². The van der Waals surface area contributed by atoms with E-state index < -0.39 is 9.84 Å². The smallest absolute Gasteiger partial charge is 0.150 e.